The van der Waals surface area contributed by atoms with E-state index in [2.05, 4.69) is 29.5 Å². The average molecular weight is 450 g/mol. The molecule has 0 radical (unpaired) electrons. The third-order valence-corrected chi connectivity index (χ3v) is 5.08. The Morgan fingerprint density at radius 2 is 1.94 bits per heavy atom. The predicted octanol–water partition coefficient (Wildman–Crippen LogP) is 5.59. The van der Waals surface area contributed by atoms with Crippen LogP contribution in [0, 0.1) is 5.82 Å². The van der Waals surface area contributed by atoms with E-state index in [1.165, 1.54) is 24.3 Å². The van der Waals surface area contributed by atoms with Gasteiger partial charge in [0, 0.05) is 17.3 Å². The largest absolute Gasteiger partial charge is 0.507 e. The molecule has 0 unspecified atom stereocenters. The number of carbonyl (C=O) groups is 1. The molecule has 0 aliphatic heterocycles. The SMILES string of the molecule is CC(C)c1ccc2oc(-c3ccc(NC(=S)NC(=O)c4cccc(F)c4)cc3O)nc2c1. The number of hydrogen-bond acceptors (Lipinski definition) is 5. The first-order chi connectivity index (χ1) is 15.3. The first-order valence-corrected chi connectivity index (χ1v) is 10.3. The molecule has 162 valence electrons. The van der Waals surface area contributed by atoms with Crippen LogP contribution in [0.1, 0.15) is 35.7 Å². The molecule has 0 saturated heterocycles. The molecule has 4 aromatic rings. The lowest BCUT2D eigenvalue weighted by atomic mass is 10.0. The van der Waals surface area contributed by atoms with E-state index in [0.717, 1.165) is 11.6 Å². The molecule has 1 heterocycles. The molecule has 32 heavy (non-hydrogen) atoms. The number of aromatic nitrogens is 1. The predicted molar refractivity (Wildman–Crippen MR) is 125 cm³/mol. The first kappa shape index (κ1) is 21.5. The number of nitrogens with zero attached hydrogens (tertiary/aromatic N) is 1. The normalized spacial score (nSPS) is 11.0. The molecule has 6 nitrogen and oxygen atoms in total. The second-order valence-electron chi connectivity index (χ2n) is 7.55. The number of fused-ring (bicyclic) bond motifs is 1. The van der Waals surface area contributed by atoms with Crippen LogP contribution in [0.15, 0.2) is 65.1 Å². The maximum atomic E-state index is 13.3. The summed E-state index contributed by atoms with van der Waals surface area (Å²) in [6.45, 7) is 4.20. The third kappa shape index (κ3) is 4.60. The maximum Gasteiger partial charge on any atom is 0.257 e. The molecule has 0 fully saturated rings. The number of phenols is 1. The number of halogens is 1. The summed E-state index contributed by atoms with van der Waals surface area (Å²) in [5.74, 6) is -0.466. The van der Waals surface area contributed by atoms with Crippen molar-refractivity contribution in [3.05, 3.63) is 77.6 Å². The third-order valence-electron chi connectivity index (χ3n) is 4.88. The highest BCUT2D eigenvalue weighted by Gasteiger charge is 2.15. The van der Waals surface area contributed by atoms with Gasteiger partial charge in [0.05, 0.1) is 5.56 Å². The molecular weight excluding hydrogens is 429 g/mol. The number of phenolic OH excluding ortho intramolecular Hbond substituents is 1. The number of benzene rings is 3. The van der Waals surface area contributed by atoms with Crippen molar-refractivity contribution in [3.8, 4) is 17.2 Å². The van der Waals surface area contributed by atoms with Gasteiger partial charge in [-0.2, -0.15) is 0 Å². The lowest BCUT2D eigenvalue weighted by molar-refractivity contribution is 0.0977. The van der Waals surface area contributed by atoms with Crippen molar-refractivity contribution in [2.75, 3.05) is 5.32 Å². The van der Waals surface area contributed by atoms with Gasteiger partial charge in [-0.1, -0.05) is 26.0 Å². The fourth-order valence-electron chi connectivity index (χ4n) is 3.18. The second kappa shape index (κ2) is 8.76. The molecule has 1 aromatic heterocycles. The van der Waals surface area contributed by atoms with Crippen LogP contribution in [-0.2, 0) is 0 Å². The Morgan fingerprint density at radius 1 is 1.12 bits per heavy atom. The van der Waals surface area contributed by atoms with Gasteiger partial charge in [-0.05, 0) is 66.2 Å². The lowest BCUT2D eigenvalue weighted by Crippen LogP contribution is -2.34. The second-order valence-corrected chi connectivity index (χ2v) is 7.96. The van der Waals surface area contributed by atoms with E-state index < -0.39 is 11.7 Å². The van der Waals surface area contributed by atoms with Gasteiger partial charge in [-0.15, -0.1) is 0 Å². The summed E-state index contributed by atoms with van der Waals surface area (Å²) in [6.07, 6.45) is 0. The number of carbonyl (C=O) groups excluding carboxylic acids is 1. The summed E-state index contributed by atoms with van der Waals surface area (Å²) in [5.41, 5.74) is 3.52. The van der Waals surface area contributed by atoms with E-state index in [1.54, 1.807) is 12.1 Å². The van der Waals surface area contributed by atoms with Gasteiger partial charge < -0.3 is 14.8 Å². The Kier molecular flexibility index (Phi) is 5.87. The number of nitrogens with one attached hydrogen (secondary N) is 2. The smallest absolute Gasteiger partial charge is 0.257 e. The van der Waals surface area contributed by atoms with Gasteiger partial charge in [-0.3, -0.25) is 10.1 Å². The Hall–Kier alpha value is -3.78. The van der Waals surface area contributed by atoms with Crippen LogP contribution < -0.4 is 10.6 Å². The fourth-order valence-corrected chi connectivity index (χ4v) is 3.39. The van der Waals surface area contributed by atoms with Gasteiger partial charge in [0.1, 0.15) is 17.1 Å². The molecule has 0 atom stereocenters. The van der Waals surface area contributed by atoms with Crippen molar-refractivity contribution in [3.63, 3.8) is 0 Å². The van der Waals surface area contributed by atoms with Crippen LogP contribution in [-0.4, -0.2) is 21.1 Å². The number of amides is 1. The number of hydrogen-bond donors (Lipinski definition) is 3. The number of rotatable bonds is 4. The van der Waals surface area contributed by atoms with E-state index in [-0.39, 0.29) is 16.4 Å². The number of aromatic hydroxyl groups is 1. The van der Waals surface area contributed by atoms with E-state index in [9.17, 15) is 14.3 Å². The minimum atomic E-state index is -0.546. The Bertz CT molecular complexity index is 1330. The summed E-state index contributed by atoms with van der Waals surface area (Å²) >= 11 is 5.14. The zero-order chi connectivity index (χ0) is 22.8. The fraction of sp³-hybridized carbons (Fsp3) is 0.125. The summed E-state index contributed by atoms with van der Waals surface area (Å²) in [6, 6.07) is 15.9. The van der Waals surface area contributed by atoms with E-state index in [1.807, 2.05) is 18.2 Å². The zero-order valence-electron chi connectivity index (χ0n) is 17.3. The first-order valence-electron chi connectivity index (χ1n) is 9.92. The number of anilines is 1. The van der Waals surface area contributed by atoms with E-state index in [4.69, 9.17) is 16.6 Å². The van der Waals surface area contributed by atoms with Gasteiger partial charge in [0.15, 0.2) is 10.7 Å². The highest BCUT2D eigenvalue weighted by atomic mass is 32.1. The minimum Gasteiger partial charge on any atom is -0.507 e. The van der Waals surface area contributed by atoms with Crippen LogP contribution in [0.3, 0.4) is 0 Å². The highest BCUT2D eigenvalue weighted by molar-refractivity contribution is 7.80. The number of thiocarbonyl (C=S) groups is 1. The zero-order valence-corrected chi connectivity index (χ0v) is 18.2. The van der Waals surface area contributed by atoms with Gasteiger partial charge in [-0.25, -0.2) is 9.37 Å². The molecule has 4 rings (SSSR count). The maximum absolute atomic E-state index is 13.3. The molecule has 8 heteroatoms. The van der Waals surface area contributed by atoms with E-state index in [0.29, 0.717) is 34.2 Å². The summed E-state index contributed by atoms with van der Waals surface area (Å²) in [5, 5.41) is 15.8. The summed E-state index contributed by atoms with van der Waals surface area (Å²) < 4.78 is 19.1. The topological polar surface area (TPSA) is 87.4 Å². The molecule has 0 saturated carbocycles. The monoisotopic (exact) mass is 449 g/mol. The van der Waals surface area contributed by atoms with Gasteiger partial charge in [0.2, 0.25) is 5.89 Å². The molecule has 0 aliphatic carbocycles. The van der Waals surface area contributed by atoms with E-state index >= 15 is 0 Å². The van der Waals surface area contributed by atoms with Crippen molar-refractivity contribution in [1.29, 1.82) is 0 Å². The Morgan fingerprint density at radius 3 is 2.66 bits per heavy atom. The van der Waals surface area contributed by atoms with Crippen LogP contribution in [0.4, 0.5) is 10.1 Å². The average Bonchev–Trinajstić information content (AvgIpc) is 3.16. The van der Waals surface area contributed by atoms with Crippen LogP contribution >= 0.6 is 12.2 Å². The molecule has 0 aliphatic rings. The Labute approximate surface area is 189 Å². The highest BCUT2D eigenvalue weighted by Crippen LogP contribution is 2.33. The number of oxazole rings is 1. The molecule has 0 bridgehead atoms. The van der Waals surface area contributed by atoms with Crippen molar-refractivity contribution >= 4 is 40.0 Å². The molecule has 3 aromatic carbocycles. The molecule has 1 amide bonds. The minimum absolute atomic E-state index is 0.00879. The molecular formula is C24H20FN3O3S. The summed E-state index contributed by atoms with van der Waals surface area (Å²) in [7, 11) is 0. The molecule has 0 spiro atoms. The lowest BCUT2D eigenvalue weighted by Gasteiger charge is -2.11. The Balaban J connectivity index is 1.49. The van der Waals surface area contributed by atoms with Crippen molar-refractivity contribution in [1.82, 2.24) is 10.3 Å². The van der Waals surface area contributed by atoms with Crippen LogP contribution in [0.25, 0.3) is 22.6 Å². The summed E-state index contributed by atoms with van der Waals surface area (Å²) in [4.78, 5) is 16.7. The van der Waals surface area contributed by atoms with Crippen molar-refractivity contribution < 1.29 is 18.7 Å². The van der Waals surface area contributed by atoms with Crippen LogP contribution in [0.2, 0.25) is 0 Å². The van der Waals surface area contributed by atoms with Crippen molar-refractivity contribution in [2.24, 2.45) is 0 Å². The molecule has 3 N–H and O–H groups in total. The van der Waals surface area contributed by atoms with Gasteiger partial charge >= 0.3 is 0 Å². The van der Waals surface area contributed by atoms with Crippen molar-refractivity contribution in [2.45, 2.75) is 19.8 Å². The van der Waals surface area contributed by atoms with Gasteiger partial charge in [0.25, 0.3) is 5.91 Å². The van der Waals surface area contributed by atoms with Crippen LogP contribution in [0.5, 0.6) is 5.75 Å². The quantitative estimate of drug-likeness (QED) is 0.352. The standard InChI is InChI=1S/C24H20FN3O3S/c1-13(2)14-6-9-21-19(11-14)27-23(31-21)18-8-7-17(12-20(18)29)26-24(32)28-22(30)15-4-3-5-16(25)10-15/h3-13,29H,1-2H3,(H2,26,28,30,32).